The number of aromatic nitrogens is 4. The molecule has 2 aromatic heterocycles. The first-order chi connectivity index (χ1) is 13.5. The SMILES string of the molecule is Cc1c(S(=O)(=O)N2[C@@H]3CC[C@H](C3)[C@@H]2c2nc(-c3ccccc3)no2)cnn1C. The maximum absolute atomic E-state index is 13.5. The predicted octanol–water partition coefficient (Wildman–Crippen LogP) is 2.69. The number of hydrogen-bond donors (Lipinski definition) is 0. The van der Waals surface area contributed by atoms with Crippen LogP contribution in [0.15, 0.2) is 45.9 Å². The van der Waals surface area contributed by atoms with E-state index in [0.29, 0.717) is 17.4 Å². The number of sulfonamides is 1. The molecule has 3 heterocycles. The zero-order valence-electron chi connectivity index (χ0n) is 15.7. The van der Waals surface area contributed by atoms with Crippen molar-refractivity contribution < 1.29 is 12.9 Å². The van der Waals surface area contributed by atoms with Gasteiger partial charge in [-0.1, -0.05) is 35.5 Å². The van der Waals surface area contributed by atoms with Gasteiger partial charge in [0.15, 0.2) is 0 Å². The molecule has 1 aliphatic heterocycles. The topological polar surface area (TPSA) is 94.1 Å². The summed E-state index contributed by atoms with van der Waals surface area (Å²) >= 11 is 0. The van der Waals surface area contributed by atoms with E-state index in [9.17, 15) is 8.42 Å². The summed E-state index contributed by atoms with van der Waals surface area (Å²) in [6.45, 7) is 1.77. The third-order valence-electron chi connectivity index (χ3n) is 6.00. The first kappa shape index (κ1) is 17.6. The smallest absolute Gasteiger partial charge is 0.247 e. The van der Waals surface area contributed by atoms with E-state index in [0.717, 1.165) is 24.8 Å². The number of fused-ring (bicyclic) bond motifs is 2. The van der Waals surface area contributed by atoms with Gasteiger partial charge in [-0.15, -0.1) is 0 Å². The lowest BCUT2D eigenvalue weighted by Crippen LogP contribution is -2.40. The van der Waals surface area contributed by atoms with E-state index >= 15 is 0 Å². The van der Waals surface area contributed by atoms with Gasteiger partial charge >= 0.3 is 0 Å². The molecule has 2 aliphatic rings. The number of aryl methyl sites for hydroxylation is 1. The maximum atomic E-state index is 13.5. The zero-order valence-corrected chi connectivity index (χ0v) is 16.5. The van der Waals surface area contributed by atoms with Crippen molar-refractivity contribution in [2.45, 2.75) is 43.2 Å². The molecule has 1 aliphatic carbocycles. The van der Waals surface area contributed by atoms with Crippen molar-refractivity contribution in [3.63, 3.8) is 0 Å². The molecule has 1 saturated heterocycles. The average molecular weight is 399 g/mol. The fraction of sp³-hybridized carbons (Fsp3) is 0.421. The van der Waals surface area contributed by atoms with Crippen molar-refractivity contribution in [2.24, 2.45) is 13.0 Å². The number of piperidine rings is 1. The van der Waals surface area contributed by atoms with Crippen LogP contribution in [0.25, 0.3) is 11.4 Å². The molecule has 0 N–H and O–H groups in total. The molecule has 28 heavy (non-hydrogen) atoms. The molecule has 3 aromatic rings. The molecule has 9 heteroatoms. The second-order valence-electron chi connectivity index (χ2n) is 7.55. The predicted molar refractivity (Wildman–Crippen MR) is 101 cm³/mol. The monoisotopic (exact) mass is 399 g/mol. The van der Waals surface area contributed by atoms with Gasteiger partial charge in [0.05, 0.1) is 11.9 Å². The lowest BCUT2D eigenvalue weighted by molar-refractivity contribution is 0.197. The highest BCUT2D eigenvalue weighted by Crippen LogP contribution is 2.52. The lowest BCUT2D eigenvalue weighted by atomic mass is 10.00. The molecule has 3 atom stereocenters. The van der Waals surface area contributed by atoms with E-state index < -0.39 is 16.1 Å². The number of rotatable bonds is 4. The minimum absolute atomic E-state index is 0.0355. The van der Waals surface area contributed by atoms with Crippen molar-refractivity contribution in [3.05, 3.63) is 48.1 Å². The van der Waals surface area contributed by atoms with Gasteiger partial charge in [-0.05, 0) is 32.1 Å². The third kappa shape index (κ3) is 2.53. The van der Waals surface area contributed by atoms with Crippen LogP contribution in [-0.4, -0.2) is 38.7 Å². The van der Waals surface area contributed by atoms with Gasteiger partial charge in [0.1, 0.15) is 10.9 Å². The Morgan fingerprint density at radius 1 is 1.18 bits per heavy atom. The molecule has 0 radical (unpaired) electrons. The zero-order chi connectivity index (χ0) is 19.5. The summed E-state index contributed by atoms with van der Waals surface area (Å²) in [5.41, 5.74) is 1.47. The molecule has 2 bridgehead atoms. The number of nitrogens with zero attached hydrogens (tertiary/aromatic N) is 5. The van der Waals surface area contributed by atoms with E-state index in [4.69, 9.17) is 4.52 Å². The number of benzene rings is 1. The second kappa shape index (κ2) is 6.25. The fourth-order valence-electron chi connectivity index (χ4n) is 4.51. The van der Waals surface area contributed by atoms with Crippen LogP contribution < -0.4 is 0 Å². The first-order valence-electron chi connectivity index (χ1n) is 9.38. The van der Waals surface area contributed by atoms with Crippen LogP contribution in [0, 0.1) is 12.8 Å². The average Bonchev–Trinajstić information content (AvgIpc) is 3.46. The maximum Gasteiger partial charge on any atom is 0.247 e. The first-order valence-corrected chi connectivity index (χ1v) is 10.8. The molecular formula is C19H21N5O3S. The molecule has 0 unspecified atom stereocenters. The highest BCUT2D eigenvalue weighted by atomic mass is 32.2. The van der Waals surface area contributed by atoms with Gasteiger partial charge in [0, 0.05) is 18.7 Å². The molecule has 2 fully saturated rings. The lowest BCUT2D eigenvalue weighted by Gasteiger charge is -2.31. The fourth-order valence-corrected chi connectivity index (χ4v) is 6.56. The highest BCUT2D eigenvalue weighted by Gasteiger charge is 2.54. The van der Waals surface area contributed by atoms with Gasteiger partial charge in [-0.2, -0.15) is 14.4 Å². The van der Waals surface area contributed by atoms with Crippen molar-refractivity contribution in [3.8, 4) is 11.4 Å². The minimum atomic E-state index is -3.71. The summed E-state index contributed by atoms with van der Waals surface area (Å²) in [6, 6.07) is 9.09. The highest BCUT2D eigenvalue weighted by molar-refractivity contribution is 7.89. The van der Waals surface area contributed by atoms with Gasteiger partial charge in [-0.25, -0.2) is 8.42 Å². The Bertz CT molecular complexity index is 1120. The normalized spacial score (nSPS) is 24.9. The van der Waals surface area contributed by atoms with Crippen molar-refractivity contribution in [2.75, 3.05) is 0 Å². The standard InChI is InChI=1S/C19H21N5O3S/c1-12-16(11-20-23(12)2)28(25,26)24-15-9-8-14(10-15)17(24)19-21-18(22-27-19)13-6-4-3-5-7-13/h3-7,11,14-15,17H,8-10H2,1-2H3/t14-,15-,17-/m1/s1. The molecule has 5 rings (SSSR count). The molecule has 1 aromatic carbocycles. The summed E-state index contributed by atoms with van der Waals surface area (Å²) in [6.07, 6.45) is 4.08. The van der Waals surface area contributed by atoms with Crippen LogP contribution in [-0.2, 0) is 17.1 Å². The van der Waals surface area contributed by atoms with Crippen molar-refractivity contribution in [1.29, 1.82) is 0 Å². The van der Waals surface area contributed by atoms with E-state index in [1.54, 1.807) is 23.0 Å². The Kier molecular flexibility index (Phi) is 3.92. The Hall–Kier alpha value is -2.52. The van der Waals surface area contributed by atoms with E-state index in [1.807, 2.05) is 30.3 Å². The van der Waals surface area contributed by atoms with Crippen molar-refractivity contribution >= 4 is 10.0 Å². The van der Waals surface area contributed by atoms with Crippen LogP contribution in [0.4, 0.5) is 0 Å². The quantitative estimate of drug-likeness (QED) is 0.669. The Morgan fingerprint density at radius 2 is 1.96 bits per heavy atom. The van der Waals surface area contributed by atoms with Gasteiger partial charge < -0.3 is 4.52 Å². The number of hydrogen-bond acceptors (Lipinski definition) is 6. The summed E-state index contributed by atoms with van der Waals surface area (Å²) in [7, 11) is -1.97. The summed E-state index contributed by atoms with van der Waals surface area (Å²) < 4.78 is 35.7. The largest absolute Gasteiger partial charge is 0.337 e. The molecule has 1 saturated carbocycles. The molecule has 8 nitrogen and oxygen atoms in total. The summed E-state index contributed by atoms with van der Waals surface area (Å²) in [5, 5.41) is 8.22. The van der Waals surface area contributed by atoms with Crippen LogP contribution >= 0.6 is 0 Å². The Morgan fingerprint density at radius 3 is 2.68 bits per heavy atom. The van der Waals surface area contributed by atoms with Crippen LogP contribution in [0.5, 0.6) is 0 Å². The van der Waals surface area contributed by atoms with E-state index in [1.165, 1.54) is 6.20 Å². The summed E-state index contributed by atoms with van der Waals surface area (Å²) in [4.78, 5) is 4.81. The van der Waals surface area contributed by atoms with Gasteiger partial charge in [0.25, 0.3) is 0 Å². The molecular weight excluding hydrogens is 378 g/mol. The van der Waals surface area contributed by atoms with Gasteiger partial charge in [-0.3, -0.25) is 4.68 Å². The molecule has 146 valence electrons. The third-order valence-corrected chi connectivity index (χ3v) is 8.04. The molecule has 0 amide bonds. The van der Waals surface area contributed by atoms with E-state index in [-0.39, 0.29) is 16.9 Å². The second-order valence-corrected chi connectivity index (χ2v) is 9.36. The van der Waals surface area contributed by atoms with Crippen LogP contribution in [0.2, 0.25) is 0 Å². The molecule has 0 spiro atoms. The van der Waals surface area contributed by atoms with Crippen LogP contribution in [0.3, 0.4) is 0 Å². The summed E-state index contributed by atoms with van der Waals surface area (Å²) in [5.74, 6) is 1.05. The Balaban J connectivity index is 1.56. The van der Waals surface area contributed by atoms with Gasteiger partial charge in [0.2, 0.25) is 21.7 Å². The minimum Gasteiger partial charge on any atom is -0.337 e. The Labute approximate surface area is 163 Å². The van der Waals surface area contributed by atoms with E-state index in [2.05, 4.69) is 15.2 Å². The van der Waals surface area contributed by atoms with Crippen molar-refractivity contribution in [1.82, 2.24) is 24.2 Å². The van der Waals surface area contributed by atoms with Crippen LogP contribution in [0.1, 0.15) is 36.9 Å².